The lowest BCUT2D eigenvalue weighted by Crippen LogP contribution is -2.37. The molecule has 0 aliphatic carbocycles. The van der Waals surface area contributed by atoms with Crippen molar-refractivity contribution in [2.75, 3.05) is 0 Å². The van der Waals surface area contributed by atoms with Gasteiger partial charge in [0, 0.05) is 0 Å². The van der Waals surface area contributed by atoms with Crippen LogP contribution in [0.5, 0.6) is 0 Å². The predicted octanol–water partition coefficient (Wildman–Crippen LogP) is 10.5. The van der Waals surface area contributed by atoms with Crippen molar-refractivity contribution >= 4 is 0 Å². The van der Waals surface area contributed by atoms with Crippen LogP contribution >= 0.6 is 0 Å². The van der Waals surface area contributed by atoms with Crippen LogP contribution in [0.4, 0.5) is 0 Å². The summed E-state index contributed by atoms with van der Waals surface area (Å²) in [5, 5.41) is 0. The molecule has 0 fully saturated rings. The fourth-order valence-electron chi connectivity index (χ4n) is 5.67. The molecule has 0 aliphatic rings. The predicted molar refractivity (Wildman–Crippen MR) is 158 cm³/mol. The normalized spacial score (nSPS) is 12.3. The van der Waals surface area contributed by atoms with Crippen molar-refractivity contribution in [2.24, 2.45) is 0 Å². The second-order valence-corrected chi connectivity index (χ2v) is 11.2. The standard InChI is InChI=1S/C34H58N2/c1-3-5-7-8-9-10-11-12-13-14-15-16-17-22-28-33(27-19-6-4-2)34-35-29-31-36(34)30-23-26-32-24-20-18-21-25-32/h18,20-21,24-25,29,31,33H,3-17,19,22-23,26-28,30H2,1-2H3/p+1/t33-/m0/s1. The lowest BCUT2D eigenvalue weighted by molar-refractivity contribution is -0.704. The summed E-state index contributed by atoms with van der Waals surface area (Å²) < 4.78 is 2.52. The Morgan fingerprint density at radius 2 is 1.11 bits per heavy atom. The lowest BCUT2D eigenvalue weighted by atomic mass is 9.93. The van der Waals surface area contributed by atoms with Gasteiger partial charge in [-0.2, -0.15) is 0 Å². The zero-order chi connectivity index (χ0) is 25.5. The molecule has 0 radical (unpaired) electrons. The minimum absolute atomic E-state index is 0.695. The molecule has 0 spiro atoms. The first-order valence-corrected chi connectivity index (χ1v) is 16.0. The van der Waals surface area contributed by atoms with Gasteiger partial charge in [-0.3, -0.25) is 0 Å². The highest BCUT2D eigenvalue weighted by Gasteiger charge is 2.22. The molecule has 36 heavy (non-hydrogen) atoms. The van der Waals surface area contributed by atoms with Crippen molar-refractivity contribution < 1.29 is 4.57 Å². The summed E-state index contributed by atoms with van der Waals surface area (Å²) in [5.41, 5.74) is 1.46. The second-order valence-electron chi connectivity index (χ2n) is 11.2. The number of aromatic amines is 1. The average Bonchev–Trinajstić information content (AvgIpc) is 3.37. The number of H-pyrrole nitrogens is 1. The Balaban J connectivity index is 1.61. The van der Waals surface area contributed by atoms with Gasteiger partial charge in [0.05, 0.1) is 12.5 Å². The maximum Gasteiger partial charge on any atom is 0.257 e. The van der Waals surface area contributed by atoms with E-state index in [2.05, 4.69) is 66.1 Å². The zero-order valence-corrected chi connectivity index (χ0v) is 24.1. The molecule has 1 aromatic heterocycles. The molecular weight excluding hydrogens is 436 g/mol. The Bertz CT molecular complexity index is 720. The summed E-state index contributed by atoms with van der Waals surface area (Å²) >= 11 is 0. The van der Waals surface area contributed by atoms with Gasteiger partial charge in [0.15, 0.2) is 0 Å². The zero-order valence-electron chi connectivity index (χ0n) is 24.1. The molecule has 1 aromatic carbocycles. The molecule has 0 unspecified atom stereocenters. The van der Waals surface area contributed by atoms with Gasteiger partial charge in [0.2, 0.25) is 0 Å². The van der Waals surface area contributed by atoms with Gasteiger partial charge in [-0.25, -0.2) is 9.55 Å². The van der Waals surface area contributed by atoms with Crippen LogP contribution in [0.25, 0.3) is 0 Å². The van der Waals surface area contributed by atoms with Crippen LogP contribution in [-0.2, 0) is 13.0 Å². The van der Waals surface area contributed by atoms with Crippen LogP contribution in [0.15, 0.2) is 42.7 Å². The molecule has 1 N–H and O–H groups in total. The topological polar surface area (TPSA) is 19.7 Å². The van der Waals surface area contributed by atoms with E-state index in [0.29, 0.717) is 5.92 Å². The second kappa shape index (κ2) is 21.5. The molecule has 1 atom stereocenters. The number of nitrogens with one attached hydrogen (secondary N) is 1. The summed E-state index contributed by atoms with van der Waals surface area (Å²) in [6.45, 7) is 5.75. The molecule has 0 aliphatic heterocycles. The number of rotatable bonds is 24. The van der Waals surface area contributed by atoms with Gasteiger partial charge in [0.1, 0.15) is 12.4 Å². The molecule has 2 heteroatoms. The fraction of sp³-hybridized carbons (Fsp3) is 0.735. The quantitative estimate of drug-likeness (QED) is 0.110. The van der Waals surface area contributed by atoms with E-state index in [1.165, 1.54) is 140 Å². The number of hydrogen-bond acceptors (Lipinski definition) is 0. The van der Waals surface area contributed by atoms with Crippen molar-refractivity contribution in [3.63, 3.8) is 0 Å². The number of unbranched alkanes of at least 4 members (excludes halogenated alkanes) is 15. The third-order valence-electron chi connectivity index (χ3n) is 7.95. The lowest BCUT2D eigenvalue weighted by Gasteiger charge is -2.14. The molecule has 0 saturated carbocycles. The summed E-state index contributed by atoms with van der Waals surface area (Å²) in [6, 6.07) is 10.9. The summed E-state index contributed by atoms with van der Waals surface area (Å²) in [5.74, 6) is 2.18. The first-order valence-electron chi connectivity index (χ1n) is 16.0. The van der Waals surface area contributed by atoms with E-state index in [1.54, 1.807) is 0 Å². The van der Waals surface area contributed by atoms with E-state index < -0.39 is 0 Å². The summed E-state index contributed by atoms with van der Waals surface area (Å²) in [7, 11) is 0. The highest BCUT2D eigenvalue weighted by molar-refractivity contribution is 5.14. The van der Waals surface area contributed by atoms with Crippen LogP contribution < -0.4 is 4.57 Å². The third kappa shape index (κ3) is 14.2. The van der Waals surface area contributed by atoms with E-state index >= 15 is 0 Å². The van der Waals surface area contributed by atoms with E-state index in [9.17, 15) is 0 Å². The molecule has 1 heterocycles. The van der Waals surface area contributed by atoms with Crippen molar-refractivity contribution in [3.05, 3.63) is 54.1 Å². The molecular formula is C34H59N2+. The van der Waals surface area contributed by atoms with Gasteiger partial charge in [-0.15, -0.1) is 0 Å². The van der Waals surface area contributed by atoms with Crippen molar-refractivity contribution in [3.8, 4) is 0 Å². The van der Waals surface area contributed by atoms with E-state index in [-0.39, 0.29) is 0 Å². The Hall–Kier alpha value is -1.57. The van der Waals surface area contributed by atoms with Crippen LogP contribution in [0.3, 0.4) is 0 Å². The monoisotopic (exact) mass is 495 g/mol. The number of hydrogen-bond donors (Lipinski definition) is 1. The van der Waals surface area contributed by atoms with E-state index in [4.69, 9.17) is 0 Å². The minimum atomic E-state index is 0.695. The Morgan fingerprint density at radius 1 is 0.611 bits per heavy atom. The van der Waals surface area contributed by atoms with Crippen LogP contribution in [-0.4, -0.2) is 4.98 Å². The highest BCUT2D eigenvalue weighted by Crippen LogP contribution is 2.26. The molecule has 2 rings (SSSR count). The van der Waals surface area contributed by atoms with Gasteiger partial charge >= 0.3 is 0 Å². The molecule has 2 nitrogen and oxygen atoms in total. The Labute approximate surface area is 224 Å². The van der Waals surface area contributed by atoms with Crippen LogP contribution in [0, 0.1) is 0 Å². The number of imidazole rings is 1. The smallest absolute Gasteiger partial charge is 0.247 e. The average molecular weight is 496 g/mol. The van der Waals surface area contributed by atoms with Crippen molar-refractivity contribution in [1.29, 1.82) is 0 Å². The van der Waals surface area contributed by atoms with Gasteiger partial charge in [-0.05, 0) is 31.2 Å². The maximum atomic E-state index is 3.64. The van der Waals surface area contributed by atoms with Gasteiger partial charge in [-0.1, -0.05) is 153 Å². The summed E-state index contributed by atoms with van der Waals surface area (Å²) in [4.78, 5) is 3.64. The minimum Gasteiger partial charge on any atom is -0.247 e. The first kappa shape index (κ1) is 30.7. The fourth-order valence-corrected chi connectivity index (χ4v) is 5.67. The highest BCUT2D eigenvalue weighted by atomic mass is 15.1. The number of nitrogens with zero attached hydrogens (tertiary/aromatic N) is 1. The largest absolute Gasteiger partial charge is 0.257 e. The Kier molecular flexibility index (Phi) is 18.3. The maximum absolute atomic E-state index is 3.64. The Morgan fingerprint density at radius 3 is 1.69 bits per heavy atom. The SMILES string of the molecule is CCCCCCCCCCCCCCCC[C@H](CCCCC)c1[nH]cc[n+]1CCCc1ccccc1. The van der Waals surface area contributed by atoms with Crippen LogP contribution in [0.2, 0.25) is 0 Å². The van der Waals surface area contributed by atoms with E-state index in [0.717, 1.165) is 13.0 Å². The number of aryl methyl sites for hydroxylation is 2. The third-order valence-corrected chi connectivity index (χ3v) is 7.95. The van der Waals surface area contributed by atoms with Gasteiger partial charge < -0.3 is 0 Å². The number of benzene rings is 1. The van der Waals surface area contributed by atoms with Gasteiger partial charge in [0.25, 0.3) is 5.82 Å². The van der Waals surface area contributed by atoms with E-state index in [1.807, 2.05) is 0 Å². The molecule has 0 saturated heterocycles. The summed E-state index contributed by atoms with van der Waals surface area (Å²) in [6.07, 6.45) is 33.7. The van der Waals surface area contributed by atoms with Crippen LogP contribution in [0.1, 0.15) is 160 Å². The molecule has 0 amide bonds. The van der Waals surface area contributed by atoms with Crippen molar-refractivity contribution in [2.45, 2.75) is 161 Å². The number of aromatic nitrogens is 2. The molecule has 0 bridgehead atoms. The molecule has 2 aromatic rings. The molecule has 204 valence electrons. The first-order chi connectivity index (χ1) is 17.8. The van der Waals surface area contributed by atoms with Crippen molar-refractivity contribution in [1.82, 2.24) is 4.98 Å².